The molecule has 5 nitrogen and oxygen atoms in total. The first-order chi connectivity index (χ1) is 14.9. The maximum Gasteiger partial charge on any atom is 0.258 e. The van der Waals surface area contributed by atoms with Crippen molar-refractivity contribution in [3.63, 3.8) is 0 Å². The molecule has 0 aliphatic rings. The van der Waals surface area contributed by atoms with Crippen LogP contribution in [0.5, 0.6) is 0 Å². The Hall–Kier alpha value is -4.86. The lowest BCUT2D eigenvalue weighted by Gasteiger charge is -2.13. The summed E-state index contributed by atoms with van der Waals surface area (Å²) in [5.74, 6) is 2.78. The Balaban J connectivity index is 1.90. The molecule has 6 heteroatoms. The van der Waals surface area contributed by atoms with Gasteiger partial charge in [-0.05, 0) is 48.5 Å². The Morgan fingerprint density at radius 1 is 0.839 bits per heavy atom. The van der Waals surface area contributed by atoms with E-state index in [1.165, 1.54) is 24.3 Å². The Labute approximate surface area is 178 Å². The number of rotatable bonds is 4. The lowest BCUT2D eigenvalue weighted by molar-refractivity contribution is 0.102. The van der Waals surface area contributed by atoms with Crippen LogP contribution < -0.4 is 10.6 Å². The van der Waals surface area contributed by atoms with E-state index in [2.05, 4.69) is 27.3 Å². The number of carbonyl (C=O) groups excluding carboxylic acids is 2. The van der Waals surface area contributed by atoms with E-state index in [1.807, 2.05) is 0 Å². The zero-order valence-corrected chi connectivity index (χ0v) is 16.1. The van der Waals surface area contributed by atoms with Crippen molar-refractivity contribution < 1.29 is 14.0 Å². The Kier molecular flexibility index (Phi) is 6.12. The number of hydrogen-bond acceptors (Lipinski definition) is 2. The summed E-state index contributed by atoms with van der Waals surface area (Å²) in [7, 11) is 0. The van der Waals surface area contributed by atoms with Gasteiger partial charge in [-0.1, -0.05) is 24.0 Å². The average Bonchev–Trinajstić information content (AvgIpc) is 2.79. The number of terminal acetylenes is 2. The second kappa shape index (κ2) is 9.09. The molecule has 0 atom stereocenters. The number of carbonyl (C=O) groups is 2. The monoisotopic (exact) mass is 407 g/mol. The molecule has 3 rings (SSSR count). The molecular weight excluding hydrogens is 393 g/mol. The summed E-state index contributed by atoms with van der Waals surface area (Å²) in [5, 5.41) is 5.23. The molecule has 0 fully saturated rings. The highest BCUT2D eigenvalue weighted by molar-refractivity contribution is 6.12. The first-order valence-corrected chi connectivity index (χ1v) is 8.92. The van der Waals surface area contributed by atoms with Gasteiger partial charge >= 0.3 is 0 Å². The van der Waals surface area contributed by atoms with Crippen LogP contribution in [0, 0.1) is 37.1 Å². The molecule has 0 aromatic heterocycles. The van der Waals surface area contributed by atoms with Gasteiger partial charge in [0.2, 0.25) is 0 Å². The number of benzene rings is 3. The summed E-state index contributed by atoms with van der Waals surface area (Å²) in [4.78, 5) is 28.5. The highest BCUT2D eigenvalue weighted by Crippen LogP contribution is 2.23. The maximum atomic E-state index is 14.2. The van der Waals surface area contributed by atoms with E-state index in [4.69, 9.17) is 19.4 Å². The average molecular weight is 407 g/mol. The topological polar surface area (TPSA) is 62.6 Å². The lowest BCUT2D eigenvalue weighted by Crippen LogP contribution is -2.19. The van der Waals surface area contributed by atoms with Crippen molar-refractivity contribution in [3.05, 3.63) is 100 Å². The molecule has 0 saturated carbocycles. The number of halogens is 1. The van der Waals surface area contributed by atoms with Crippen molar-refractivity contribution in [2.24, 2.45) is 0 Å². The van der Waals surface area contributed by atoms with Gasteiger partial charge in [-0.3, -0.25) is 9.59 Å². The molecule has 0 unspecified atom stereocenters. The Morgan fingerprint density at radius 2 is 1.48 bits per heavy atom. The quantitative estimate of drug-likeness (QED) is 0.480. The SMILES string of the molecule is [C-]#[N+]c1ccc(C(=O)Nc2ccc(C#C)cc2C(=O)Nc2ccc(C#C)cc2)c(F)c1. The van der Waals surface area contributed by atoms with Crippen molar-refractivity contribution in [2.45, 2.75) is 0 Å². The summed E-state index contributed by atoms with van der Waals surface area (Å²) < 4.78 is 14.2. The van der Waals surface area contributed by atoms with Crippen LogP contribution in [0.4, 0.5) is 21.5 Å². The third-order valence-electron chi connectivity index (χ3n) is 4.31. The molecule has 31 heavy (non-hydrogen) atoms. The van der Waals surface area contributed by atoms with E-state index in [0.717, 1.165) is 6.07 Å². The number of hydrogen-bond donors (Lipinski definition) is 2. The van der Waals surface area contributed by atoms with E-state index in [9.17, 15) is 14.0 Å². The fourth-order valence-electron chi connectivity index (χ4n) is 2.73. The lowest BCUT2D eigenvalue weighted by atomic mass is 10.1. The minimum atomic E-state index is -0.842. The van der Waals surface area contributed by atoms with E-state index < -0.39 is 17.6 Å². The van der Waals surface area contributed by atoms with E-state index in [0.29, 0.717) is 16.8 Å². The van der Waals surface area contributed by atoms with Gasteiger partial charge in [0.1, 0.15) is 5.82 Å². The van der Waals surface area contributed by atoms with Gasteiger partial charge < -0.3 is 10.6 Å². The van der Waals surface area contributed by atoms with E-state index >= 15 is 0 Å². The van der Waals surface area contributed by atoms with Gasteiger partial charge in [0.15, 0.2) is 5.69 Å². The first kappa shape index (κ1) is 20.9. The summed E-state index contributed by atoms with van der Waals surface area (Å²) in [6.45, 7) is 6.91. The van der Waals surface area contributed by atoms with Gasteiger partial charge in [-0.2, -0.15) is 0 Å². The summed E-state index contributed by atoms with van der Waals surface area (Å²) in [6.07, 6.45) is 10.8. The molecule has 0 aliphatic heterocycles. The van der Waals surface area contributed by atoms with Crippen molar-refractivity contribution in [2.75, 3.05) is 10.6 Å². The van der Waals surface area contributed by atoms with Crippen LogP contribution in [-0.2, 0) is 0 Å². The van der Waals surface area contributed by atoms with Gasteiger partial charge in [0, 0.05) is 16.8 Å². The minimum Gasteiger partial charge on any atom is -0.322 e. The van der Waals surface area contributed by atoms with Crippen LogP contribution in [0.25, 0.3) is 4.85 Å². The highest BCUT2D eigenvalue weighted by Gasteiger charge is 2.18. The summed E-state index contributed by atoms with van der Waals surface area (Å²) >= 11 is 0. The molecule has 0 spiro atoms. The van der Waals surface area contributed by atoms with Crippen LogP contribution >= 0.6 is 0 Å². The van der Waals surface area contributed by atoms with Crippen LogP contribution in [0.1, 0.15) is 31.8 Å². The molecule has 3 aromatic rings. The summed E-state index contributed by atoms with van der Waals surface area (Å²) in [6, 6.07) is 14.6. The summed E-state index contributed by atoms with van der Waals surface area (Å²) in [5.41, 5.74) is 1.64. The third-order valence-corrected chi connectivity index (χ3v) is 4.31. The molecule has 0 aliphatic carbocycles. The predicted molar refractivity (Wildman–Crippen MR) is 117 cm³/mol. The fraction of sp³-hybridized carbons (Fsp3) is 0. The van der Waals surface area contributed by atoms with Crippen LogP contribution in [0.2, 0.25) is 0 Å². The largest absolute Gasteiger partial charge is 0.322 e. The molecule has 148 valence electrons. The standard InChI is InChI=1S/C25H14FN3O2/c1-4-16-6-9-18(10-7-16)28-25(31)21-14-17(5-2)8-13-23(21)29-24(30)20-12-11-19(27-3)15-22(20)26/h1-2,6-15H,(H,28,31)(H,29,30). The highest BCUT2D eigenvalue weighted by atomic mass is 19.1. The number of nitrogens with zero attached hydrogens (tertiary/aromatic N) is 1. The molecular formula is C25H14FN3O2. The second-order valence-corrected chi connectivity index (χ2v) is 6.31. The number of nitrogens with one attached hydrogen (secondary N) is 2. The van der Waals surface area contributed by atoms with Crippen LogP contribution in [0.3, 0.4) is 0 Å². The number of anilines is 2. The zero-order chi connectivity index (χ0) is 22.4. The minimum absolute atomic E-state index is 0.0725. The fourth-order valence-corrected chi connectivity index (χ4v) is 2.73. The first-order valence-electron chi connectivity index (χ1n) is 8.92. The van der Waals surface area contributed by atoms with Gasteiger partial charge in [0.05, 0.1) is 23.4 Å². The number of amides is 2. The second-order valence-electron chi connectivity index (χ2n) is 6.31. The predicted octanol–water partition coefficient (Wildman–Crippen LogP) is 4.84. The zero-order valence-electron chi connectivity index (χ0n) is 16.1. The molecule has 0 bridgehead atoms. The molecule has 2 N–H and O–H groups in total. The van der Waals surface area contributed by atoms with Gasteiger partial charge in [-0.25, -0.2) is 9.24 Å². The normalized spacial score (nSPS) is 9.61. The van der Waals surface area contributed by atoms with Crippen LogP contribution in [0.15, 0.2) is 60.7 Å². The van der Waals surface area contributed by atoms with Gasteiger partial charge in [-0.15, -0.1) is 12.8 Å². The van der Waals surface area contributed by atoms with Crippen molar-refractivity contribution >= 4 is 28.9 Å². The van der Waals surface area contributed by atoms with Crippen molar-refractivity contribution in [3.8, 4) is 24.7 Å². The van der Waals surface area contributed by atoms with E-state index in [1.54, 1.807) is 30.3 Å². The molecule has 2 amide bonds. The smallest absolute Gasteiger partial charge is 0.258 e. The van der Waals surface area contributed by atoms with E-state index in [-0.39, 0.29) is 22.5 Å². The maximum absolute atomic E-state index is 14.2. The third kappa shape index (κ3) is 4.77. The Morgan fingerprint density at radius 3 is 2.10 bits per heavy atom. The Bertz CT molecular complexity index is 1310. The molecule has 0 radical (unpaired) electrons. The van der Waals surface area contributed by atoms with Crippen molar-refractivity contribution in [1.29, 1.82) is 0 Å². The van der Waals surface area contributed by atoms with Crippen LogP contribution in [-0.4, -0.2) is 11.8 Å². The molecule has 3 aromatic carbocycles. The molecule has 0 saturated heterocycles. The van der Waals surface area contributed by atoms with Gasteiger partial charge in [0.25, 0.3) is 11.8 Å². The molecule has 0 heterocycles. The van der Waals surface area contributed by atoms with Crippen molar-refractivity contribution in [1.82, 2.24) is 0 Å².